The van der Waals surface area contributed by atoms with Crippen LogP contribution >= 0.6 is 11.6 Å². The number of carbonyl (C=O) groups is 1. The number of oxazole rings is 1. The van der Waals surface area contributed by atoms with E-state index in [4.69, 9.17) is 16.0 Å². The van der Waals surface area contributed by atoms with Crippen molar-refractivity contribution in [3.63, 3.8) is 0 Å². The van der Waals surface area contributed by atoms with Crippen LogP contribution in [-0.2, 0) is 4.79 Å². The van der Waals surface area contributed by atoms with Gasteiger partial charge in [0.15, 0.2) is 11.4 Å². The van der Waals surface area contributed by atoms with Crippen molar-refractivity contribution < 1.29 is 9.21 Å². The number of hydrogen-bond donors (Lipinski definition) is 3. The molecule has 0 unspecified atom stereocenters. The molecule has 3 N–H and O–H groups in total. The molecule has 2 aliphatic rings. The molecule has 0 spiro atoms. The number of benzene rings is 1. The van der Waals surface area contributed by atoms with Crippen molar-refractivity contribution in [1.29, 1.82) is 0 Å². The molecular formula is C18H15ClN6O2. The van der Waals surface area contributed by atoms with E-state index in [1.165, 1.54) is 6.20 Å². The minimum atomic E-state index is -0.545. The topological polar surface area (TPSA) is 108 Å². The fourth-order valence-corrected chi connectivity index (χ4v) is 3.65. The summed E-state index contributed by atoms with van der Waals surface area (Å²) in [5.74, 6) is 0.523. The molecule has 9 heteroatoms. The van der Waals surface area contributed by atoms with Crippen LogP contribution in [0.1, 0.15) is 31.0 Å². The van der Waals surface area contributed by atoms with E-state index < -0.39 is 6.04 Å². The number of para-hydroxylation sites is 2. The number of halogens is 1. The maximum absolute atomic E-state index is 12.5. The van der Waals surface area contributed by atoms with Gasteiger partial charge in [0.2, 0.25) is 5.96 Å². The van der Waals surface area contributed by atoms with Gasteiger partial charge in [0.1, 0.15) is 11.6 Å². The summed E-state index contributed by atoms with van der Waals surface area (Å²) in [5, 5.41) is 13.6. The van der Waals surface area contributed by atoms with Crippen molar-refractivity contribution in [2.45, 2.75) is 25.3 Å². The van der Waals surface area contributed by atoms with Crippen LogP contribution in [0.15, 0.2) is 51.1 Å². The summed E-state index contributed by atoms with van der Waals surface area (Å²) in [7, 11) is 0. The summed E-state index contributed by atoms with van der Waals surface area (Å²) in [6.07, 6.45) is 3.57. The number of carbonyl (C=O) groups excluding carboxylic acids is 1. The van der Waals surface area contributed by atoms with E-state index >= 15 is 0 Å². The van der Waals surface area contributed by atoms with Crippen LogP contribution in [0.2, 0.25) is 5.02 Å². The Bertz CT molecular complexity index is 1080. The zero-order valence-electron chi connectivity index (χ0n) is 14.1. The van der Waals surface area contributed by atoms with E-state index in [1.807, 2.05) is 24.3 Å². The molecule has 0 saturated carbocycles. The van der Waals surface area contributed by atoms with Gasteiger partial charge in [0.05, 0.1) is 16.9 Å². The van der Waals surface area contributed by atoms with E-state index in [0.717, 1.165) is 24.1 Å². The number of fused-ring (bicyclic) bond motifs is 1. The lowest BCUT2D eigenvalue weighted by molar-refractivity contribution is -0.116. The molecule has 3 heterocycles. The molecule has 0 fully saturated rings. The number of aromatic amines is 1. The lowest BCUT2D eigenvalue weighted by Gasteiger charge is -2.29. The first-order valence-electron chi connectivity index (χ1n) is 8.61. The second-order valence-corrected chi connectivity index (χ2v) is 6.82. The van der Waals surface area contributed by atoms with Crippen molar-refractivity contribution in [2.75, 3.05) is 5.32 Å². The highest BCUT2D eigenvalue weighted by atomic mass is 35.5. The number of anilines is 1. The fraction of sp³-hybridized carbons (Fsp3) is 0.222. The lowest BCUT2D eigenvalue weighted by Crippen LogP contribution is -2.38. The minimum Gasteiger partial charge on any atom is -0.423 e. The molecule has 0 saturated heterocycles. The number of aromatic nitrogens is 3. The third-order valence-electron chi connectivity index (χ3n) is 4.67. The van der Waals surface area contributed by atoms with E-state index in [2.05, 4.69) is 30.8 Å². The molecule has 1 aliphatic carbocycles. The Labute approximate surface area is 158 Å². The van der Waals surface area contributed by atoms with Gasteiger partial charge < -0.3 is 9.73 Å². The Hall–Kier alpha value is -3.13. The molecule has 8 nitrogen and oxygen atoms in total. The molecule has 1 aromatic carbocycles. The van der Waals surface area contributed by atoms with Crippen LogP contribution in [0.25, 0.3) is 11.1 Å². The Balaban J connectivity index is 1.53. The molecule has 136 valence electrons. The summed E-state index contributed by atoms with van der Waals surface area (Å²) in [5.41, 5.74) is 3.50. The molecule has 2 aromatic heterocycles. The van der Waals surface area contributed by atoms with Crippen molar-refractivity contribution in [3.8, 4) is 0 Å². The normalized spacial score (nSPS) is 19.7. The average molecular weight is 383 g/mol. The molecular weight excluding hydrogens is 368 g/mol. The van der Waals surface area contributed by atoms with Crippen molar-refractivity contribution >= 4 is 40.5 Å². The monoisotopic (exact) mass is 382 g/mol. The van der Waals surface area contributed by atoms with Gasteiger partial charge in [-0.25, -0.2) is 4.99 Å². The fourth-order valence-electron chi connectivity index (χ4n) is 3.45. The first kappa shape index (κ1) is 16.1. The van der Waals surface area contributed by atoms with Gasteiger partial charge in [-0.2, -0.15) is 10.1 Å². The zero-order chi connectivity index (χ0) is 18.4. The number of H-pyrrole nitrogens is 1. The molecule has 1 atom stereocenters. The number of allylic oxidation sites excluding steroid dienone is 1. The Morgan fingerprint density at radius 1 is 1.26 bits per heavy atom. The number of ketones is 1. The van der Waals surface area contributed by atoms with Gasteiger partial charge in [0.25, 0.3) is 0 Å². The van der Waals surface area contributed by atoms with Crippen molar-refractivity contribution in [2.24, 2.45) is 4.99 Å². The Morgan fingerprint density at radius 3 is 2.96 bits per heavy atom. The number of rotatable bonds is 2. The SMILES string of the molecule is O=C1CCCC2=C1[C@H](c1[nH]ncc1Cl)N=C(Nc1nc3ccccc3o1)N2. The van der Waals surface area contributed by atoms with E-state index in [9.17, 15) is 4.79 Å². The van der Waals surface area contributed by atoms with E-state index in [1.54, 1.807) is 0 Å². The van der Waals surface area contributed by atoms with Crippen LogP contribution in [0, 0.1) is 0 Å². The molecule has 0 amide bonds. The minimum absolute atomic E-state index is 0.0732. The van der Waals surface area contributed by atoms with Gasteiger partial charge in [-0.15, -0.1) is 0 Å². The summed E-state index contributed by atoms with van der Waals surface area (Å²) in [4.78, 5) is 21.6. The number of Topliss-reactive ketones (excluding diaryl/α,β-unsaturated/α-hetero) is 1. The molecule has 27 heavy (non-hydrogen) atoms. The average Bonchev–Trinajstić information content (AvgIpc) is 3.26. The van der Waals surface area contributed by atoms with Gasteiger partial charge >= 0.3 is 6.01 Å². The second kappa shape index (κ2) is 6.24. The quantitative estimate of drug-likeness (QED) is 0.627. The number of aliphatic imine (C=N–C) groups is 1. The predicted molar refractivity (Wildman–Crippen MR) is 100 cm³/mol. The maximum Gasteiger partial charge on any atom is 0.302 e. The first-order chi connectivity index (χ1) is 13.2. The summed E-state index contributed by atoms with van der Waals surface area (Å²) >= 11 is 6.24. The van der Waals surface area contributed by atoms with Gasteiger partial charge in [-0.1, -0.05) is 23.7 Å². The standard InChI is InChI=1S/C18H15ClN6O2/c19-9-8-20-25-15(9)16-14-11(5-3-6-12(14)26)21-17(23-16)24-18-22-10-4-1-2-7-13(10)27-18/h1-2,4,7-8,16H,3,5-6H2,(H,20,25)(H2,21,22,23,24)/t16-/m1/s1. The third-order valence-corrected chi connectivity index (χ3v) is 4.97. The molecule has 5 rings (SSSR count). The van der Waals surface area contributed by atoms with Gasteiger partial charge in [-0.3, -0.25) is 15.2 Å². The Morgan fingerprint density at radius 2 is 2.15 bits per heavy atom. The first-order valence-corrected chi connectivity index (χ1v) is 8.99. The summed E-state index contributed by atoms with van der Waals surface area (Å²) < 4.78 is 5.71. The van der Waals surface area contributed by atoms with Gasteiger partial charge in [0, 0.05) is 17.7 Å². The smallest absolute Gasteiger partial charge is 0.302 e. The predicted octanol–water partition coefficient (Wildman–Crippen LogP) is 3.32. The summed E-state index contributed by atoms with van der Waals surface area (Å²) in [6.45, 7) is 0. The van der Waals surface area contributed by atoms with Gasteiger partial charge in [-0.05, 0) is 25.0 Å². The van der Waals surface area contributed by atoms with Crippen LogP contribution in [-0.4, -0.2) is 26.9 Å². The highest BCUT2D eigenvalue weighted by Crippen LogP contribution is 2.37. The zero-order valence-corrected chi connectivity index (χ0v) is 14.9. The second-order valence-electron chi connectivity index (χ2n) is 6.42. The third kappa shape index (κ3) is 2.78. The number of nitrogens with one attached hydrogen (secondary N) is 3. The molecule has 0 radical (unpaired) electrons. The molecule has 3 aromatic rings. The molecule has 1 aliphatic heterocycles. The van der Waals surface area contributed by atoms with Crippen LogP contribution in [0.4, 0.5) is 6.01 Å². The van der Waals surface area contributed by atoms with Crippen LogP contribution in [0.5, 0.6) is 0 Å². The van der Waals surface area contributed by atoms with E-state index in [0.29, 0.717) is 40.3 Å². The van der Waals surface area contributed by atoms with Crippen molar-refractivity contribution in [3.05, 3.63) is 52.4 Å². The number of hydrogen-bond acceptors (Lipinski definition) is 7. The van der Waals surface area contributed by atoms with E-state index in [-0.39, 0.29) is 5.78 Å². The van der Waals surface area contributed by atoms with Crippen molar-refractivity contribution in [1.82, 2.24) is 20.5 Å². The lowest BCUT2D eigenvalue weighted by atomic mass is 9.88. The highest BCUT2D eigenvalue weighted by molar-refractivity contribution is 6.31. The highest BCUT2D eigenvalue weighted by Gasteiger charge is 2.34. The number of nitrogens with zero attached hydrogens (tertiary/aromatic N) is 3. The Kier molecular flexibility index (Phi) is 3.71. The van der Waals surface area contributed by atoms with Crippen LogP contribution < -0.4 is 10.6 Å². The van der Waals surface area contributed by atoms with Crippen LogP contribution in [0.3, 0.4) is 0 Å². The largest absolute Gasteiger partial charge is 0.423 e. The number of guanidine groups is 1. The maximum atomic E-state index is 12.5. The molecule has 0 bridgehead atoms. The summed E-state index contributed by atoms with van der Waals surface area (Å²) in [6, 6.07) is 7.27.